The summed E-state index contributed by atoms with van der Waals surface area (Å²) in [5, 5.41) is 0.298. The van der Waals surface area contributed by atoms with Gasteiger partial charge in [-0.2, -0.15) is 8.42 Å². The molecule has 0 aromatic heterocycles. The third-order valence-corrected chi connectivity index (χ3v) is 8.32. The Hall–Kier alpha value is -2.81. The molecular formula is C28H31Cl2FN2O4S. The van der Waals surface area contributed by atoms with Crippen molar-refractivity contribution in [2.24, 2.45) is 0 Å². The smallest absolute Gasteiger partial charge is 0.339 e. The van der Waals surface area contributed by atoms with Gasteiger partial charge in [0.1, 0.15) is 16.5 Å². The zero-order valence-electron chi connectivity index (χ0n) is 21.7. The van der Waals surface area contributed by atoms with Crippen molar-refractivity contribution in [1.82, 2.24) is 4.90 Å². The lowest BCUT2D eigenvalue weighted by atomic mass is 10.1. The molecule has 0 saturated heterocycles. The van der Waals surface area contributed by atoms with Gasteiger partial charge in [-0.05, 0) is 69.7 Å². The summed E-state index contributed by atoms with van der Waals surface area (Å²) in [6.07, 6.45) is 0.635. The van der Waals surface area contributed by atoms with E-state index in [1.54, 1.807) is 23.1 Å². The van der Waals surface area contributed by atoms with Gasteiger partial charge in [-0.25, -0.2) is 4.39 Å². The number of rotatable bonds is 11. The first-order valence-corrected chi connectivity index (χ1v) is 14.5. The fraction of sp³-hybridized carbons (Fsp3) is 0.321. The van der Waals surface area contributed by atoms with Gasteiger partial charge in [0.05, 0.1) is 10.0 Å². The molecule has 3 aromatic rings. The maximum atomic E-state index is 13.9. The van der Waals surface area contributed by atoms with Gasteiger partial charge >= 0.3 is 10.1 Å². The minimum atomic E-state index is -4.29. The predicted octanol–water partition coefficient (Wildman–Crippen LogP) is 7.19. The molecule has 0 aliphatic heterocycles. The summed E-state index contributed by atoms with van der Waals surface area (Å²) >= 11 is 12.0. The van der Waals surface area contributed by atoms with Gasteiger partial charge in [-0.15, -0.1) is 0 Å². The van der Waals surface area contributed by atoms with Crippen LogP contribution in [0.3, 0.4) is 0 Å². The molecule has 0 unspecified atom stereocenters. The molecule has 0 saturated carbocycles. The fourth-order valence-corrected chi connectivity index (χ4v) is 5.30. The molecule has 6 nitrogen and oxygen atoms in total. The fourth-order valence-electron chi connectivity index (χ4n) is 3.95. The van der Waals surface area contributed by atoms with Crippen molar-refractivity contribution >= 4 is 44.9 Å². The number of amides is 1. The summed E-state index contributed by atoms with van der Waals surface area (Å²) in [4.78, 5) is 16.9. The Balaban J connectivity index is 2.07. The number of nitrogens with zero attached hydrogens (tertiary/aromatic N) is 2. The zero-order chi connectivity index (χ0) is 28.0. The van der Waals surface area contributed by atoms with Crippen molar-refractivity contribution in [3.05, 3.63) is 87.7 Å². The van der Waals surface area contributed by atoms with Crippen molar-refractivity contribution in [2.75, 3.05) is 18.0 Å². The SMILES string of the molecule is CC[C@H](C)N(Cc1ccc(N(CC)CC)cc1OS(=O)(=O)c1ccc(Cl)c(Cl)c1)C(=O)c1cccc(F)c1. The Kier molecular flexibility index (Phi) is 10.0. The van der Waals surface area contributed by atoms with Crippen LogP contribution in [0.25, 0.3) is 0 Å². The van der Waals surface area contributed by atoms with E-state index < -0.39 is 15.9 Å². The first kappa shape index (κ1) is 29.7. The maximum absolute atomic E-state index is 13.9. The van der Waals surface area contributed by atoms with Crippen molar-refractivity contribution in [2.45, 2.75) is 51.6 Å². The second-order valence-corrected chi connectivity index (χ2v) is 11.1. The lowest BCUT2D eigenvalue weighted by Crippen LogP contribution is -2.38. The van der Waals surface area contributed by atoms with Gasteiger partial charge < -0.3 is 14.0 Å². The highest BCUT2D eigenvalue weighted by atomic mass is 35.5. The van der Waals surface area contributed by atoms with E-state index in [0.29, 0.717) is 25.1 Å². The van der Waals surface area contributed by atoms with E-state index in [1.165, 1.54) is 36.4 Å². The number of hydrogen-bond acceptors (Lipinski definition) is 5. The molecule has 0 radical (unpaired) electrons. The number of carbonyl (C=O) groups is 1. The molecule has 0 N–H and O–H groups in total. The van der Waals surface area contributed by atoms with E-state index in [2.05, 4.69) is 0 Å². The van der Waals surface area contributed by atoms with Crippen LogP contribution in [0.4, 0.5) is 10.1 Å². The van der Waals surface area contributed by atoms with Crippen LogP contribution in [0.1, 0.15) is 50.0 Å². The Morgan fingerprint density at radius 3 is 2.29 bits per heavy atom. The van der Waals surface area contributed by atoms with E-state index in [9.17, 15) is 17.6 Å². The zero-order valence-corrected chi connectivity index (χ0v) is 24.1. The Morgan fingerprint density at radius 2 is 1.68 bits per heavy atom. The topological polar surface area (TPSA) is 66.9 Å². The molecule has 0 bridgehead atoms. The predicted molar refractivity (Wildman–Crippen MR) is 150 cm³/mol. The lowest BCUT2D eigenvalue weighted by Gasteiger charge is -2.30. The van der Waals surface area contributed by atoms with Crippen LogP contribution in [-0.4, -0.2) is 38.4 Å². The number of benzene rings is 3. The molecule has 0 fully saturated rings. The monoisotopic (exact) mass is 580 g/mol. The van der Waals surface area contributed by atoms with Crippen LogP contribution >= 0.6 is 23.2 Å². The van der Waals surface area contributed by atoms with Crippen LogP contribution in [0.5, 0.6) is 5.75 Å². The molecule has 0 aliphatic rings. The van der Waals surface area contributed by atoms with Crippen LogP contribution in [0.15, 0.2) is 65.6 Å². The Bertz CT molecular complexity index is 1400. The van der Waals surface area contributed by atoms with Crippen LogP contribution in [0.2, 0.25) is 10.0 Å². The molecule has 0 spiro atoms. The molecule has 1 amide bonds. The molecule has 38 heavy (non-hydrogen) atoms. The van der Waals surface area contributed by atoms with E-state index in [4.69, 9.17) is 27.4 Å². The highest BCUT2D eigenvalue weighted by molar-refractivity contribution is 7.87. The third kappa shape index (κ3) is 6.98. The van der Waals surface area contributed by atoms with Gasteiger partial charge in [0, 0.05) is 48.6 Å². The summed E-state index contributed by atoms with van der Waals surface area (Å²) in [6, 6.07) is 14.5. The highest BCUT2D eigenvalue weighted by Gasteiger charge is 2.26. The molecule has 10 heteroatoms. The van der Waals surface area contributed by atoms with E-state index in [0.717, 1.165) is 5.69 Å². The van der Waals surface area contributed by atoms with Gasteiger partial charge in [-0.3, -0.25) is 4.79 Å². The number of hydrogen-bond donors (Lipinski definition) is 0. The summed E-state index contributed by atoms with van der Waals surface area (Å²) in [5.74, 6) is -0.800. The molecule has 204 valence electrons. The summed E-state index contributed by atoms with van der Waals surface area (Å²) in [6.45, 7) is 9.26. The summed E-state index contributed by atoms with van der Waals surface area (Å²) in [5.41, 5.74) is 1.45. The average Bonchev–Trinajstić information content (AvgIpc) is 2.89. The van der Waals surface area contributed by atoms with E-state index >= 15 is 0 Å². The average molecular weight is 582 g/mol. The summed E-state index contributed by atoms with van der Waals surface area (Å²) in [7, 11) is -4.29. The standard InChI is InChI=1S/C28H31Cl2FN2O4S/c1-5-19(4)33(28(34)20-9-8-10-22(31)15-20)18-21-11-12-23(32(6-2)7-3)16-27(21)37-38(35,36)24-13-14-25(29)26(30)17-24/h8-17,19H,5-7,18H2,1-4H3/t19-/m0/s1. The third-order valence-electron chi connectivity index (χ3n) is 6.35. The van der Waals surface area contributed by atoms with Gasteiger partial charge in [0.15, 0.2) is 0 Å². The first-order chi connectivity index (χ1) is 18.0. The highest BCUT2D eigenvalue weighted by Crippen LogP contribution is 2.32. The molecule has 3 rings (SSSR count). The normalized spacial score (nSPS) is 12.2. The Labute approximate surface area is 234 Å². The van der Waals surface area contributed by atoms with E-state index in [-0.39, 0.29) is 44.7 Å². The van der Waals surface area contributed by atoms with Gasteiger partial charge in [0.2, 0.25) is 0 Å². The van der Waals surface area contributed by atoms with Crippen molar-refractivity contribution < 1.29 is 21.8 Å². The molecule has 1 atom stereocenters. The van der Waals surface area contributed by atoms with Crippen LogP contribution in [-0.2, 0) is 16.7 Å². The number of anilines is 1. The quantitative estimate of drug-likeness (QED) is 0.224. The minimum absolute atomic E-state index is 0.0507. The molecule has 0 aliphatic carbocycles. The second-order valence-electron chi connectivity index (χ2n) is 8.78. The largest absolute Gasteiger partial charge is 0.379 e. The van der Waals surface area contributed by atoms with Crippen molar-refractivity contribution in [3.63, 3.8) is 0 Å². The minimum Gasteiger partial charge on any atom is -0.379 e. The second kappa shape index (κ2) is 12.8. The first-order valence-electron chi connectivity index (χ1n) is 12.3. The van der Waals surface area contributed by atoms with Crippen LogP contribution in [0, 0.1) is 5.82 Å². The van der Waals surface area contributed by atoms with Crippen molar-refractivity contribution in [1.29, 1.82) is 0 Å². The summed E-state index contributed by atoms with van der Waals surface area (Å²) < 4.78 is 46.0. The lowest BCUT2D eigenvalue weighted by molar-refractivity contribution is 0.0670. The maximum Gasteiger partial charge on any atom is 0.339 e. The van der Waals surface area contributed by atoms with Gasteiger partial charge in [-0.1, -0.05) is 42.3 Å². The van der Waals surface area contributed by atoms with Crippen molar-refractivity contribution in [3.8, 4) is 5.75 Å². The van der Waals surface area contributed by atoms with Gasteiger partial charge in [0.25, 0.3) is 5.91 Å². The van der Waals surface area contributed by atoms with E-state index in [1.807, 2.05) is 38.7 Å². The molecule has 3 aromatic carbocycles. The molecular weight excluding hydrogens is 550 g/mol. The van der Waals surface area contributed by atoms with Crippen LogP contribution < -0.4 is 9.08 Å². The Morgan fingerprint density at radius 1 is 0.974 bits per heavy atom. The number of halogens is 3. The molecule has 0 heterocycles. The number of carbonyl (C=O) groups excluding carboxylic acids is 1.